The van der Waals surface area contributed by atoms with Crippen LogP contribution < -0.4 is 11.3 Å². The summed E-state index contributed by atoms with van der Waals surface area (Å²) >= 11 is 5.09. The second-order valence-corrected chi connectivity index (χ2v) is 6.10. The quantitative estimate of drug-likeness (QED) is 0.559. The highest BCUT2D eigenvalue weighted by Gasteiger charge is 2.12. The van der Waals surface area contributed by atoms with Gasteiger partial charge >= 0.3 is 0 Å². The average Bonchev–Trinajstić information content (AvgIpc) is 2.99. The summed E-state index contributed by atoms with van der Waals surface area (Å²) in [6, 6.07) is 1.96. The van der Waals surface area contributed by atoms with Gasteiger partial charge in [0.25, 0.3) is 0 Å². The van der Waals surface area contributed by atoms with Crippen molar-refractivity contribution in [3.8, 4) is 0 Å². The summed E-state index contributed by atoms with van der Waals surface area (Å²) in [5, 5.41) is 7.39. The van der Waals surface area contributed by atoms with E-state index >= 15 is 0 Å². The van der Waals surface area contributed by atoms with Crippen molar-refractivity contribution in [3.63, 3.8) is 0 Å². The van der Waals surface area contributed by atoms with E-state index in [1.165, 1.54) is 0 Å². The van der Waals surface area contributed by atoms with Gasteiger partial charge in [-0.15, -0.1) is 11.3 Å². The first-order valence-corrected chi connectivity index (χ1v) is 7.67. The number of nitrogen functional groups attached to an aromatic ring is 1. The fraction of sp³-hybridized carbons (Fsp3) is 0.250. The van der Waals surface area contributed by atoms with Crippen LogP contribution in [-0.2, 0) is 6.54 Å². The topological polar surface area (TPSA) is 81.7 Å². The zero-order valence-corrected chi connectivity index (χ0v) is 13.4. The van der Waals surface area contributed by atoms with Gasteiger partial charge in [-0.2, -0.15) is 5.10 Å². The summed E-state index contributed by atoms with van der Waals surface area (Å²) in [6.07, 6.45) is 0. The number of aromatic nitrogens is 4. The lowest BCUT2D eigenvalue weighted by atomic mass is 10.3. The Labute approximate surface area is 128 Å². The summed E-state index contributed by atoms with van der Waals surface area (Å²) in [7, 11) is 0. The summed E-state index contributed by atoms with van der Waals surface area (Å²) < 4.78 is 2.90. The smallest absolute Gasteiger partial charge is 0.153 e. The first-order valence-electron chi connectivity index (χ1n) is 6.00. The number of thiophene rings is 1. The van der Waals surface area contributed by atoms with Gasteiger partial charge < -0.3 is 5.43 Å². The second kappa shape index (κ2) is 5.12. The molecule has 20 heavy (non-hydrogen) atoms. The molecule has 0 aliphatic heterocycles. The van der Waals surface area contributed by atoms with Gasteiger partial charge in [-0.1, -0.05) is 0 Å². The lowest BCUT2D eigenvalue weighted by Crippen LogP contribution is -2.13. The number of rotatable bonds is 3. The minimum Gasteiger partial charge on any atom is -0.308 e. The highest BCUT2D eigenvalue weighted by atomic mass is 79.9. The second-order valence-electron chi connectivity index (χ2n) is 4.41. The van der Waals surface area contributed by atoms with E-state index in [1.807, 2.05) is 30.0 Å². The van der Waals surface area contributed by atoms with Crippen LogP contribution in [0.1, 0.15) is 17.2 Å². The zero-order chi connectivity index (χ0) is 14.3. The molecule has 3 aromatic heterocycles. The standard InChI is InChI=1S/C12H13BrN6S/c1-6-10(13)7(2)19(18-6)5-9-15-11(17-14)8-3-4-20-12(8)16-9/h3-4H,5,14H2,1-2H3,(H,15,16,17). The Morgan fingerprint density at radius 2 is 2.20 bits per heavy atom. The number of nitrogens with one attached hydrogen (secondary N) is 1. The molecule has 0 fully saturated rings. The van der Waals surface area contributed by atoms with Crippen molar-refractivity contribution in [2.45, 2.75) is 20.4 Å². The van der Waals surface area contributed by atoms with Gasteiger partial charge in [0.2, 0.25) is 0 Å². The number of anilines is 1. The Hall–Kier alpha value is -1.51. The van der Waals surface area contributed by atoms with E-state index in [0.717, 1.165) is 26.1 Å². The molecule has 0 spiro atoms. The number of aryl methyl sites for hydroxylation is 1. The fourth-order valence-corrected chi connectivity index (χ4v) is 3.11. The SMILES string of the molecule is Cc1nn(Cc2nc(NN)c3ccsc3n2)c(C)c1Br. The van der Waals surface area contributed by atoms with Crippen LogP contribution in [-0.4, -0.2) is 19.7 Å². The molecule has 6 nitrogen and oxygen atoms in total. The first kappa shape index (κ1) is 13.5. The molecule has 0 aliphatic rings. The summed E-state index contributed by atoms with van der Waals surface area (Å²) in [5.41, 5.74) is 4.64. The normalized spacial score (nSPS) is 11.2. The van der Waals surface area contributed by atoms with E-state index in [4.69, 9.17) is 5.84 Å². The maximum atomic E-state index is 5.53. The third-order valence-electron chi connectivity index (χ3n) is 3.09. The van der Waals surface area contributed by atoms with Crippen LogP contribution in [0.2, 0.25) is 0 Å². The van der Waals surface area contributed by atoms with Crippen LogP contribution in [0.3, 0.4) is 0 Å². The van der Waals surface area contributed by atoms with Crippen molar-refractivity contribution in [1.82, 2.24) is 19.7 Å². The van der Waals surface area contributed by atoms with Crippen molar-refractivity contribution in [2.75, 3.05) is 5.43 Å². The monoisotopic (exact) mass is 352 g/mol. The summed E-state index contributed by atoms with van der Waals surface area (Å²) in [4.78, 5) is 9.93. The molecule has 0 unspecified atom stereocenters. The molecule has 0 aliphatic carbocycles. The van der Waals surface area contributed by atoms with Crippen LogP contribution in [0.5, 0.6) is 0 Å². The summed E-state index contributed by atoms with van der Waals surface area (Å²) in [6.45, 7) is 4.49. The third-order valence-corrected chi connectivity index (χ3v) is 5.05. The maximum absolute atomic E-state index is 5.53. The van der Waals surface area contributed by atoms with Crippen LogP contribution in [0.25, 0.3) is 10.2 Å². The number of hydrogen-bond donors (Lipinski definition) is 2. The molecule has 0 bridgehead atoms. The predicted molar refractivity (Wildman–Crippen MR) is 83.7 cm³/mol. The molecule has 0 aromatic carbocycles. The molecular formula is C12H13BrN6S. The maximum Gasteiger partial charge on any atom is 0.153 e. The largest absolute Gasteiger partial charge is 0.308 e. The van der Waals surface area contributed by atoms with E-state index in [2.05, 4.69) is 36.4 Å². The van der Waals surface area contributed by atoms with Gasteiger partial charge in [0.15, 0.2) is 11.6 Å². The van der Waals surface area contributed by atoms with E-state index < -0.39 is 0 Å². The first-order chi connectivity index (χ1) is 9.60. The predicted octanol–water partition coefficient (Wildman–Crippen LogP) is 2.60. The number of hydrogen-bond acceptors (Lipinski definition) is 6. The molecule has 3 N–H and O–H groups in total. The van der Waals surface area contributed by atoms with Crippen LogP contribution >= 0.6 is 27.3 Å². The summed E-state index contributed by atoms with van der Waals surface area (Å²) in [5.74, 6) is 6.86. The van der Waals surface area contributed by atoms with Gasteiger partial charge in [-0.25, -0.2) is 15.8 Å². The molecule has 0 saturated heterocycles. The Kier molecular flexibility index (Phi) is 3.45. The van der Waals surface area contributed by atoms with E-state index in [1.54, 1.807) is 11.3 Å². The Morgan fingerprint density at radius 3 is 2.85 bits per heavy atom. The minimum absolute atomic E-state index is 0.515. The van der Waals surface area contributed by atoms with Crippen LogP contribution in [0.15, 0.2) is 15.9 Å². The molecule has 8 heteroatoms. The van der Waals surface area contributed by atoms with Gasteiger partial charge in [0.1, 0.15) is 11.4 Å². The molecule has 0 atom stereocenters. The molecule has 0 amide bonds. The van der Waals surface area contributed by atoms with Crippen molar-refractivity contribution in [3.05, 3.63) is 33.1 Å². The molecule has 0 radical (unpaired) electrons. The fourth-order valence-electron chi connectivity index (χ4n) is 2.04. The number of halogens is 1. The molecule has 0 saturated carbocycles. The van der Waals surface area contributed by atoms with Gasteiger partial charge in [-0.3, -0.25) is 4.68 Å². The third kappa shape index (κ3) is 2.19. The van der Waals surface area contributed by atoms with E-state index in [0.29, 0.717) is 18.2 Å². The van der Waals surface area contributed by atoms with Crippen molar-refractivity contribution >= 4 is 43.3 Å². The van der Waals surface area contributed by atoms with Crippen LogP contribution in [0, 0.1) is 13.8 Å². The molecule has 3 rings (SSSR count). The molecule has 3 aromatic rings. The number of hydrazine groups is 1. The van der Waals surface area contributed by atoms with E-state index in [9.17, 15) is 0 Å². The van der Waals surface area contributed by atoms with Crippen molar-refractivity contribution < 1.29 is 0 Å². The average molecular weight is 353 g/mol. The zero-order valence-electron chi connectivity index (χ0n) is 11.0. The van der Waals surface area contributed by atoms with E-state index in [-0.39, 0.29) is 0 Å². The number of fused-ring (bicyclic) bond motifs is 1. The minimum atomic E-state index is 0.515. The Balaban J connectivity index is 2.04. The molecule has 104 valence electrons. The van der Waals surface area contributed by atoms with Crippen molar-refractivity contribution in [1.29, 1.82) is 0 Å². The molecular weight excluding hydrogens is 340 g/mol. The lowest BCUT2D eigenvalue weighted by Gasteiger charge is -2.06. The van der Waals surface area contributed by atoms with Crippen molar-refractivity contribution in [2.24, 2.45) is 5.84 Å². The lowest BCUT2D eigenvalue weighted by molar-refractivity contribution is 0.634. The Bertz CT molecular complexity index is 778. The van der Waals surface area contributed by atoms with Gasteiger partial charge in [-0.05, 0) is 41.2 Å². The number of nitrogens with zero attached hydrogens (tertiary/aromatic N) is 4. The number of nitrogens with two attached hydrogens (primary N) is 1. The van der Waals surface area contributed by atoms with Crippen LogP contribution in [0.4, 0.5) is 5.82 Å². The molecule has 3 heterocycles. The van der Waals surface area contributed by atoms with Gasteiger partial charge in [0, 0.05) is 0 Å². The van der Waals surface area contributed by atoms with Gasteiger partial charge in [0.05, 0.1) is 21.2 Å². The Morgan fingerprint density at radius 1 is 1.40 bits per heavy atom. The highest BCUT2D eigenvalue weighted by molar-refractivity contribution is 9.10. The highest BCUT2D eigenvalue weighted by Crippen LogP contribution is 2.25.